The average Bonchev–Trinajstić information content (AvgIpc) is 2.26. The van der Waals surface area contributed by atoms with Gasteiger partial charge in [-0.25, -0.2) is 0 Å². The highest BCUT2D eigenvalue weighted by molar-refractivity contribution is 9.10. The lowest BCUT2D eigenvalue weighted by molar-refractivity contribution is -0.385. The molecular weight excluding hydrogens is 326 g/mol. The summed E-state index contributed by atoms with van der Waals surface area (Å²) in [4.78, 5) is 22.5. The summed E-state index contributed by atoms with van der Waals surface area (Å²) in [6.07, 6.45) is 0. The van der Waals surface area contributed by atoms with Crippen molar-refractivity contribution in [3.8, 4) is 0 Å². The van der Waals surface area contributed by atoms with Crippen molar-refractivity contribution in [1.29, 1.82) is 0 Å². The molecule has 0 aliphatic rings. The van der Waals surface area contributed by atoms with Gasteiger partial charge in [-0.05, 0) is 55.8 Å². The molecule has 20 heavy (non-hydrogen) atoms. The summed E-state index contributed by atoms with van der Waals surface area (Å²) in [6.45, 7) is 7.06. The van der Waals surface area contributed by atoms with Crippen LogP contribution in [-0.4, -0.2) is 16.4 Å². The van der Waals surface area contributed by atoms with Gasteiger partial charge in [0.25, 0.3) is 5.69 Å². The zero-order chi connectivity index (χ0) is 15.7. The summed E-state index contributed by atoms with van der Waals surface area (Å²) in [5.74, 6) is -0.245. The minimum atomic E-state index is -0.790. The van der Waals surface area contributed by atoms with Gasteiger partial charge in [-0.1, -0.05) is 0 Å². The number of amides is 1. The van der Waals surface area contributed by atoms with E-state index in [0.717, 1.165) is 0 Å². The molecule has 1 rings (SSSR count). The van der Waals surface area contributed by atoms with Crippen LogP contribution in [-0.2, 0) is 4.79 Å². The fourth-order valence-corrected chi connectivity index (χ4v) is 1.84. The third-order valence-corrected chi connectivity index (χ3v) is 4.22. The summed E-state index contributed by atoms with van der Waals surface area (Å²) < 4.78 is 0.310. The molecule has 0 saturated heterocycles. The van der Waals surface area contributed by atoms with Crippen molar-refractivity contribution in [3.63, 3.8) is 0 Å². The maximum absolute atomic E-state index is 12.3. The first-order valence-electron chi connectivity index (χ1n) is 6.01. The van der Waals surface area contributed by atoms with Gasteiger partial charge in [-0.15, -0.1) is 0 Å². The Hall–Kier alpha value is -1.47. The second-order valence-electron chi connectivity index (χ2n) is 5.72. The molecule has 0 fully saturated rings. The van der Waals surface area contributed by atoms with Crippen molar-refractivity contribution < 1.29 is 9.72 Å². The van der Waals surface area contributed by atoms with Crippen LogP contribution < -0.4 is 11.1 Å². The maximum Gasteiger partial charge on any atom is 0.283 e. The molecule has 110 valence electrons. The molecule has 1 amide bonds. The van der Waals surface area contributed by atoms with E-state index in [1.54, 1.807) is 27.7 Å². The molecular formula is C13H18BrN3O3. The number of nitrogens with two attached hydrogens (primary N) is 1. The SMILES string of the molecule is CC(C)(N)C(C)(C)C(=O)Nc1ccc([N+](=O)[O-])c(Br)c1. The molecule has 3 N–H and O–H groups in total. The van der Waals surface area contributed by atoms with Crippen LogP contribution in [0.4, 0.5) is 11.4 Å². The summed E-state index contributed by atoms with van der Waals surface area (Å²) in [7, 11) is 0. The van der Waals surface area contributed by atoms with E-state index < -0.39 is 15.9 Å². The molecule has 0 aliphatic heterocycles. The first-order valence-corrected chi connectivity index (χ1v) is 6.80. The molecule has 0 atom stereocenters. The first-order chi connectivity index (χ1) is 8.96. The van der Waals surface area contributed by atoms with Crippen molar-refractivity contribution in [1.82, 2.24) is 0 Å². The normalized spacial score (nSPS) is 12.1. The van der Waals surface area contributed by atoms with Crippen LogP contribution in [0, 0.1) is 15.5 Å². The predicted octanol–water partition coefficient (Wildman–Crippen LogP) is 3.06. The number of benzene rings is 1. The summed E-state index contributed by atoms with van der Waals surface area (Å²) in [5, 5.41) is 13.4. The van der Waals surface area contributed by atoms with Crippen molar-refractivity contribution >= 4 is 33.2 Å². The van der Waals surface area contributed by atoms with Crippen LogP contribution in [0.3, 0.4) is 0 Å². The van der Waals surface area contributed by atoms with E-state index in [9.17, 15) is 14.9 Å². The highest BCUT2D eigenvalue weighted by Crippen LogP contribution is 2.32. The van der Waals surface area contributed by atoms with E-state index in [-0.39, 0.29) is 11.6 Å². The van der Waals surface area contributed by atoms with Crippen LogP contribution in [0.1, 0.15) is 27.7 Å². The Morgan fingerprint density at radius 2 is 1.90 bits per heavy atom. The first kappa shape index (κ1) is 16.6. The van der Waals surface area contributed by atoms with Crippen LogP contribution in [0.15, 0.2) is 22.7 Å². The van der Waals surface area contributed by atoms with E-state index in [1.807, 2.05) is 0 Å². The van der Waals surface area contributed by atoms with Gasteiger partial charge in [0, 0.05) is 17.3 Å². The Morgan fingerprint density at radius 1 is 1.35 bits per heavy atom. The Balaban J connectivity index is 2.98. The summed E-state index contributed by atoms with van der Waals surface area (Å²) in [6, 6.07) is 4.32. The standard InChI is InChI=1S/C13H18BrN3O3/c1-12(2,13(3,4)15)11(18)16-8-5-6-10(17(19)20)9(14)7-8/h5-7H,15H2,1-4H3,(H,16,18). The smallest absolute Gasteiger partial charge is 0.283 e. The van der Waals surface area contributed by atoms with Gasteiger partial charge < -0.3 is 11.1 Å². The number of carbonyl (C=O) groups is 1. The number of halogens is 1. The topological polar surface area (TPSA) is 98.3 Å². The van der Waals surface area contributed by atoms with Gasteiger partial charge in [0.15, 0.2) is 0 Å². The monoisotopic (exact) mass is 343 g/mol. The number of carbonyl (C=O) groups excluding carboxylic acids is 1. The van der Waals surface area contributed by atoms with Gasteiger partial charge in [-0.3, -0.25) is 14.9 Å². The highest BCUT2D eigenvalue weighted by Gasteiger charge is 2.40. The van der Waals surface area contributed by atoms with Crippen LogP contribution in [0.2, 0.25) is 0 Å². The molecule has 1 aromatic rings. The quantitative estimate of drug-likeness (QED) is 0.648. The minimum Gasteiger partial charge on any atom is -0.326 e. The third kappa shape index (κ3) is 3.34. The number of nitrogens with zero attached hydrogens (tertiary/aromatic N) is 1. The molecule has 6 nitrogen and oxygen atoms in total. The summed E-state index contributed by atoms with van der Waals surface area (Å²) in [5.41, 5.74) is 4.93. The van der Waals surface area contributed by atoms with E-state index in [2.05, 4.69) is 21.2 Å². The zero-order valence-corrected chi connectivity index (χ0v) is 13.4. The number of anilines is 1. The molecule has 0 radical (unpaired) electrons. The van der Waals surface area contributed by atoms with Gasteiger partial charge in [0.2, 0.25) is 5.91 Å². The van der Waals surface area contributed by atoms with Crippen LogP contribution in [0.25, 0.3) is 0 Å². The van der Waals surface area contributed by atoms with Gasteiger partial charge in [0.05, 0.1) is 14.8 Å². The molecule has 0 spiro atoms. The van der Waals surface area contributed by atoms with E-state index in [1.165, 1.54) is 18.2 Å². The number of rotatable bonds is 4. The van der Waals surface area contributed by atoms with E-state index in [0.29, 0.717) is 10.2 Å². The Kier molecular flexibility index (Phi) is 4.55. The van der Waals surface area contributed by atoms with Gasteiger partial charge >= 0.3 is 0 Å². The van der Waals surface area contributed by atoms with Crippen molar-refractivity contribution in [3.05, 3.63) is 32.8 Å². The Bertz CT molecular complexity index is 550. The largest absolute Gasteiger partial charge is 0.326 e. The fraction of sp³-hybridized carbons (Fsp3) is 0.462. The van der Waals surface area contributed by atoms with Gasteiger partial charge in [0.1, 0.15) is 0 Å². The lowest BCUT2D eigenvalue weighted by atomic mass is 9.74. The lowest BCUT2D eigenvalue weighted by Gasteiger charge is -2.36. The Labute approximate surface area is 126 Å². The van der Waals surface area contributed by atoms with Crippen molar-refractivity contribution in [2.75, 3.05) is 5.32 Å². The van der Waals surface area contributed by atoms with Crippen LogP contribution >= 0.6 is 15.9 Å². The number of hydrogen-bond acceptors (Lipinski definition) is 4. The van der Waals surface area contributed by atoms with E-state index in [4.69, 9.17) is 5.73 Å². The number of nitrogens with one attached hydrogen (secondary N) is 1. The summed E-state index contributed by atoms with van der Waals surface area (Å²) >= 11 is 3.11. The second-order valence-corrected chi connectivity index (χ2v) is 6.58. The van der Waals surface area contributed by atoms with E-state index >= 15 is 0 Å². The minimum absolute atomic E-state index is 0.0542. The molecule has 0 unspecified atom stereocenters. The second kappa shape index (κ2) is 5.49. The molecule has 0 saturated carbocycles. The van der Waals surface area contributed by atoms with Gasteiger partial charge in [-0.2, -0.15) is 0 Å². The number of nitro groups is 1. The number of nitro benzene ring substituents is 1. The van der Waals surface area contributed by atoms with Crippen molar-refractivity contribution in [2.45, 2.75) is 33.2 Å². The third-order valence-electron chi connectivity index (χ3n) is 3.58. The molecule has 0 aliphatic carbocycles. The highest BCUT2D eigenvalue weighted by atomic mass is 79.9. The van der Waals surface area contributed by atoms with Crippen LogP contribution in [0.5, 0.6) is 0 Å². The maximum atomic E-state index is 12.3. The lowest BCUT2D eigenvalue weighted by Crippen LogP contribution is -2.53. The predicted molar refractivity (Wildman–Crippen MR) is 81.5 cm³/mol. The molecule has 7 heteroatoms. The Morgan fingerprint density at radius 3 is 2.30 bits per heavy atom. The van der Waals surface area contributed by atoms with Crippen molar-refractivity contribution in [2.24, 2.45) is 11.1 Å². The molecule has 0 heterocycles. The average molecular weight is 344 g/mol. The number of hydrogen-bond donors (Lipinski definition) is 2. The molecule has 0 bridgehead atoms. The molecule has 1 aromatic carbocycles. The molecule has 0 aromatic heterocycles. The fourth-order valence-electron chi connectivity index (χ4n) is 1.31. The zero-order valence-electron chi connectivity index (χ0n) is 11.9.